The van der Waals surface area contributed by atoms with Crippen LogP contribution in [0.1, 0.15) is 39.5 Å². The normalized spacial score (nSPS) is 14.5. The van der Waals surface area contributed by atoms with E-state index in [4.69, 9.17) is 21.1 Å². The average Bonchev–Trinajstić information content (AvgIpc) is 2.66. The van der Waals surface area contributed by atoms with Crippen molar-refractivity contribution in [1.82, 2.24) is 16.0 Å². The van der Waals surface area contributed by atoms with Gasteiger partial charge < -0.3 is 37.0 Å². The van der Waals surface area contributed by atoms with Crippen LogP contribution in [0.2, 0.25) is 0 Å². The first kappa shape index (κ1) is 29.1. The maximum Gasteiger partial charge on any atom is 0.326 e. The maximum absolute atomic E-state index is 12.6. The second-order valence-corrected chi connectivity index (χ2v) is 7.84. The number of hydrogen-bond donors (Lipinski definition) is 8. The molecular weight excluding hydrogens is 448 g/mol. The molecule has 14 heteroatoms. The van der Waals surface area contributed by atoms with Crippen LogP contribution in [0.5, 0.6) is 0 Å². The van der Waals surface area contributed by atoms with Crippen LogP contribution in [-0.4, -0.2) is 80.9 Å². The molecule has 32 heavy (non-hydrogen) atoms. The third-order valence-corrected chi connectivity index (χ3v) is 4.52. The monoisotopic (exact) mass is 478 g/mol. The largest absolute Gasteiger partial charge is 0.481 e. The van der Waals surface area contributed by atoms with Gasteiger partial charge in [0.1, 0.15) is 18.1 Å². The number of thiol groups is 1. The number of nitrogens with one attached hydrogen (secondary N) is 3. The van der Waals surface area contributed by atoms with Crippen molar-refractivity contribution in [3.63, 3.8) is 0 Å². The molecule has 0 spiro atoms. The first-order valence-corrected chi connectivity index (χ1v) is 10.4. The van der Waals surface area contributed by atoms with Crippen LogP contribution in [0.15, 0.2) is 0 Å². The van der Waals surface area contributed by atoms with E-state index in [1.807, 2.05) is 19.2 Å². The highest BCUT2D eigenvalue weighted by Crippen LogP contribution is 2.06. The minimum atomic E-state index is -1.74. The predicted octanol–water partition coefficient (Wildman–Crippen LogP) is -1.83. The Hall–Kier alpha value is -2.87. The Labute approximate surface area is 189 Å². The Kier molecular flexibility index (Phi) is 13.0. The van der Waals surface area contributed by atoms with Crippen LogP contribution in [0.4, 0.5) is 0 Å². The van der Waals surface area contributed by atoms with E-state index in [1.54, 1.807) is 0 Å². The van der Waals surface area contributed by atoms with Crippen molar-refractivity contribution in [3.8, 4) is 0 Å². The molecule has 0 bridgehead atoms. The highest BCUT2D eigenvalue weighted by atomic mass is 32.1. The van der Waals surface area contributed by atoms with Gasteiger partial charge in [0.15, 0.2) is 0 Å². The van der Waals surface area contributed by atoms with Crippen molar-refractivity contribution < 1.29 is 44.1 Å². The molecule has 0 aliphatic heterocycles. The lowest BCUT2D eigenvalue weighted by Crippen LogP contribution is -2.57. The number of carbonyl (C=O) groups is 6. The van der Waals surface area contributed by atoms with Gasteiger partial charge in [-0.1, -0.05) is 13.8 Å². The molecule has 0 aliphatic carbocycles. The zero-order valence-corrected chi connectivity index (χ0v) is 18.6. The summed E-state index contributed by atoms with van der Waals surface area (Å²) in [5.41, 5.74) is 5.78. The van der Waals surface area contributed by atoms with Crippen LogP contribution >= 0.6 is 12.6 Å². The number of carbonyl (C=O) groups excluding carboxylic acids is 3. The van der Waals surface area contributed by atoms with Gasteiger partial charge in [0.25, 0.3) is 0 Å². The molecule has 0 heterocycles. The summed E-state index contributed by atoms with van der Waals surface area (Å²) < 4.78 is 0. The fraction of sp³-hybridized carbons (Fsp3) is 0.667. The van der Waals surface area contributed by atoms with E-state index in [9.17, 15) is 28.8 Å². The lowest BCUT2D eigenvalue weighted by atomic mass is 10.0. The molecule has 0 aromatic heterocycles. The van der Waals surface area contributed by atoms with Gasteiger partial charge in [-0.2, -0.15) is 12.6 Å². The molecule has 0 aliphatic rings. The maximum atomic E-state index is 12.6. The summed E-state index contributed by atoms with van der Waals surface area (Å²) in [6.45, 7) is 3.68. The predicted molar refractivity (Wildman–Crippen MR) is 114 cm³/mol. The van der Waals surface area contributed by atoms with Crippen LogP contribution in [0.25, 0.3) is 0 Å². The van der Waals surface area contributed by atoms with Crippen molar-refractivity contribution >= 4 is 48.3 Å². The van der Waals surface area contributed by atoms with Crippen LogP contribution in [-0.2, 0) is 28.8 Å². The molecular formula is C18H30N4O9S. The number of aliphatic carboxylic acids is 3. The van der Waals surface area contributed by atoms with Gasteiger partial charge in [-0.15, -0.1) is 0 Å². The summed E-state index contributed by atoms with van der Waals surface area (Å²) in [5, 5.41) is 33.3. The lowest BCUT2D eigenvalue weighted by Gasteiger charge is -2.24. The summed E-state index contributed by atoms with van der Waals surface area (Å²) in [6, 6.07) is -5.39. The zero-order chi connectivity index (χ0) is 25.0. The molecule has 182 valence electrons. The molecule has 8 N–H and O–H groups in total. The van der Waals surface area contributed by atoms with E-state index in [0.29, 0.717) is 6.42 Å². The molecule has 4 unspecified atom stereocenters. The summed E-state index contributed by atoms with van der Waals surface area (Å²) in [6.07, 6.45) is -1.32. The Morgan fingerprint density at radius 2 is 1.31 bits per heavy atom. The van der Waals surface area contributed by atoms with Crippen LogP contribution < -0.4 is 21.7 Å². The van der Waals surface area contributed by atoms with E-state index >= 15 is 0 Å². The topological polar surface area (TPSA) is 225 Å². The number of amides is 3. The molecule has 0 aromatic rings. The lowest BCUT2D eigenvalue weighted by molar-refractivity contribution is -0.147. The number of carboxylic acids is 3. The summed E-state index contributed by atoms with van der Waals surface area (Å²) >= 11 is 3.93. The van der Waals surface area contributed by atoms with Crippen molar-refractivity contribution in [2.24, 2.45) is 11.7 Å². The summed E-state index contributed by atoms with van der Waals surface area (Å²) in [4.78, 5) is 70.0. The first-order valence-electron chi connectivity index (χ1n) is 9.72. The van der Waals surface area contributed by atoms with Crippen LogP contribution in [0.3, 0.4) is 0 Å². The molecule has 0 aromatic carbocycles. The SMILES string of the molecule is CC(C)CC(N)C(=O)NC(CCC(=O)O)C(=O)NC(CS)C(=O)NC(CC(=O)O)C(=O)O. The van der Waals surface area contributed by atoms with Crippen molar-refractivity contribution in [2.45, 2.75) is 63.7 Å². The molecule has 3 amide bonds. The van der Waals surface area contributed by atoms with E-state index in [2.05, 4.69) is 23.3 Å². The van der Waals surface area contributed by atoms with Crippen LogP contribution in [0, 0.1) is 5.92 Å². The number of carboxylic acid groups (broad SMARTS) is 3. The second-order valence-electron chi connectivity index (χ2n) is 7.47. The van der Waals surface area contributed by atoms with Gasteiger partial charge in [-0.3, -0.25) is 24.0 Å². The third-order valence-electron chi connectivity index (χ3n) is 4.15. The van der Waals surface area contributed by atoms with Crippen molar-refractivity contribution in [1.29, 1.82) is 0 Å². The molecule has 13 nitrogen and oxygen atoms in total. The highest BCUT2D eigenvalue weighted by Gasteiger charge is 2.30. The van der Waals surface area contributed by atoms with Crippen molar-refractivity contribution in [3.05, 3.63) is 0 Å². The molecule has 0 saturated heterocycles. The Morgan fingerprint density at radius 3 is 1.75 bits per heavy atom. The second kappa shape index (κ2) is 14.2. The van der Waals surface area contributed by atoms with E-state index in [0.717, 1.165) is 0 Å². The highest BCUT2D eigenvalue weighted by molar-refractivity contribution is 7.80. The van der Waals surface area contributed by atoms with Gasteiger partial charge in [0.2, 0.25) is 17.7 Å². The summed E-state index contributed by atoms with van der Waals surface area (Å²) in [5.74, 6) is -7.06. The van der Waals surface area contributed by atoms with Gasteiger partial charge in [-0.05, 0) is 18.8 Å². The fourth-order valence-corrected chi connectivity index (χ4v) is 2.80. The standard InChI is InChI=1S/C18H30N4O9S/c1-8(2)5-9(19)15(27)20-10(3-4-13(23)24)16(28)22-12(7-32)17(29)21-11(18(30)31)6-14(25)26/h8-12,32H,3-7,19H2,1-2H3,(H,20,27)(H,21,29)(H,22,28)(H,23,24)(H,25,26)(H,30,31). The molecule has 4 atom stereocenters. The number of rotatable bonds is 15. The minimum Gasteiger partial charge on any atom is -0.481 e. The van der Waals surface area contributed by atoms with Gasteiger partial charge >= 0.3 is 17.9 Å². The Morgan fingerprint density at radius 1 is 0.812 bits per heavy atom. The van der Waals surface area contributed by atoms with E-state index in [1.165, 1.54) is 0 Å². The van der Waals surface area contributed by atoms with E-state index < -0.39 is 72.6 Å². The van der Waals surface area contributed by atoms with Gasteiger partial charge in [-0.25, -0.2) is 4.79 Å². The van der Waals surface area contributed by atoms with Gasteiger partial charge in [0.05, 0.1) is 12.5 Å². The smallest absolute Gasteiger partial charge is 0.326 e. The molecule has 0 saturated carbocycles. The number of nitrogens with two attached hydrogens (primary N) is 1. The number of hydrogen-bond acceptors (Lipinski definition) is 8. The minimum absolute atomic E-state index is 0.0901. The molecule has 0 fully saturated rings. The third kappa shape index (κ3) is 11.5. The van der Waals surface area contributed by atoms with Crippen molar-refractivity contribution in [2.75, 3.05) is 5.75 Å². The molecule has 0 rings (SSSR count). The molecule has 0 radical (unpaired) electrons. The quantitative estimate of drug-likeness (QED) is 0.123. The Balaban J connectivity index is 5.32. The van der Waals surface area contributed by atoms with Gasteiger partial charge in [0, 0.05) is 12.2 Å². The average molecular weight is 479 g/mol. The van der Waals surface area contributed by atoms with E-state index in [-0.39, 0.29) is 18.1 Å². The fourth-order valence-electron chi connectivity index (χ4n) is 2.54. The zero-order valence-electron chi connectivity index (χ0n) is 17.7. The first-order chi connectivity index (χ1) is 14.8. The summed E-state index contributed by atoms with van der Waals surface area (Å²) in [7, 11) is 0. The Bertz CT molecular complexity index is 717.